The summed E-state index contributed by atoms with van der Waals surface area (Å²) >= 11 is 0. The molecule has 1 fully saturated rings. The molecule has 4 heteroatoms. The van der Waals surface area contributed by atoms with Crippen molar-refractivity contribution in [1.29, 1.82) is 0 Å². The standard InChI is InChI=1S/C10H19NO3/c12-8-2-6-11(7-5-10(13)14)9-3-1-4-9/h9,12H,1-8H2,(H,13,14). The van der Waals surface area contributed by atoms with E-state index in [-0.39, 0.29) is 13.0 Å². The monoisotopic (exact) mass is 201 g/mol. The summed E-state index contributed by atoms with van der Waals surface area (Å²) in [4.78, 5) is 12.6. The maximum absolute atomic E-state index is 10.4. The van der Waals surface area contributed by atoms with E-state index >= 15 is 0 Å². The third-order valence-electron chi connectivity index (χ3n) is 2.81. The molecule has 0 heterocycles. The Labute approximate surface area is 84.5 Å². The van der Waals surface area contributed by atoms with Crippen LogP contribution >= 0.6 is 0 Å². The lowest BCUT2D eigenvalue weighted by Gasteiger charge is -2.37. The molecule has 1 rings (SSSR count). The van der Waals surface area contributed by atoms with Crippen LogP contribution in [0.4, 0.5) is 0 Å². The second-order valence-electron chi connectivity index (χ2n) is 3.84. The average Bonchev–Trinajstić information content (AvgIpc) is 2.06. The minimum Gasteiger partial charge on any atom is -0.481 e. The molecule has 2 N–H and O–H groups in total. The number of aliphatic hydroxyl groups excluding tert-OH is 1. The minimum absolute atomic E-state index is 0.191. The molecule has 0 amide bonds. The third-order valence-corrected chi connectivity index (χ3v) is 2.81. The van der Waals surface area contributed by atoms with E-state index < -0.39 is 5.97 Å². The van der Waals surface area contributed by atoms with Crippen LogP contribution in [0.1, 0.15) is 32.1 Å². The maximum Gasteiger partial charge on any atom is 0.304 e. The van der Waals surface area contributed by atoms with E-state index in [4.69, 9.17) is 10.2 Å². The van der Waals surface area contributed by atoms with Crippen molar-refractivity contribution >= 4 is 5.97 Å². The first kappa shape index (κ1) is 11.5. The fourth-order valence-corrected chi connectivity index (χ4v) is 1.74. The van der Waals surface area contributed by atoms with Crippen LogP contribution in [-0.2, 0) is 4.79 Å². The van der Waals surface area contributed by atoms with Gasteiger partial charge in [-0.15, -0.1) is 0 Å². The van der Waals surface area contributed by atoms with Crippen molar-refractivity contribution in [1.82, 2.24) is 4.90 Å². The van der Waals surface area contributed by atoms with Gasteiger partial charge in [-0.25, -0.2) is 0 Å². The van der Waals surface area contributed by atoms with E-state index in [1.807, 2.05) is 0 Å². The summed E-state index contributed by atoms with van der Waals surface area (Å²) in [5.74, 6) is -0.738. The molecule has 0 aliphatic heterocycles. The average molecular weight is 201 g/mol. The molecule has 0 unspecified atom stereocenters. The van der Waals surface area contributed by atoms with Crippen LogP contribution in [0, 0.1) is 0 Å². The highest BCUT2D eigenvalue weighted by Gasteiger charge is 2.24. The molecule has 0 saturated heterocycles. The topological polar surface area (TPSA) is 60.8 Å². The Morgan fingerprint density at radius 1 is 1.36 bits per heavy atom. The normalized spacial score (nSPS) is 17.0. The van der Waals surface area contributed by atoms with E-state index in [0.29, 0.717) is 12.6 Å². The first-order valence-corrected chi connectivity index (χ1v) is 5.30. The summed E-state index contributed by atoms with van der Waals surface area (Å²) in [6, 6.07) is 0.570. The largest absolute Gasteiger partial charge is 0.481 e. The second kappa shape index (κ2) is 5.98. The molecule has 0 atom stereocenters. The first-order valence-electron chi connectivity index (χ1n) is 5.30. The molecule has 1 saturated carbocycles. The van der Waals surface area contributed by atoms with E-state index in [2.05, 4.69) is 4.90 Å². The van der Waals surface area contributed by atoms with Crippen LogP contribution in [-0.4, -0.2) is 46.8 Å². The molecule has 0 bridgehead atoms. The van der Waals surface area contributed by atoms with Crippen molar-refractivity contribution < 1.29 is 15.0 Å². The van der Waals surface area contributed by atoms with Gasteiger partial charge in [-0.05, 0) is 19.3 Å². The lowest BCUT2D eigenvalue weighted by atomic mass is 9.91. The molecule has 0 spiro atoms. The minimum atomic E-state index is -0.738. The second-order valence-corrected chi connectivity index (χ2v) is 3.84. The lowest BCUT2D eigenvalue weighted by Crippen LogP contribution is -2.42. The van der Waals surface area contributed by atoms with Gasteiger partial charge >= 0.3 is 5.97 Å². The number of hydrogen-bond acceptors (Lipinski definition) is 3. The van der Waals surface area contributed by atoms with Crippen LogP contribution in [0.25, 0.3) is 0 Å². The molecule has 0 radical (unpaired) electrons. The number of aliphatic hydroxyl groups is 1. The Bertz CT molecular complexity index is 180. The van der Waals surface area contributed by atoms with Crippen LogP contribution in [0.15, 0.2) is 0 Å². The third kappa shape index (κ3) is 3.64. The van der Waals surface area contributed by atoms with E-state index in [9.17, 15) is 4.79 Å². The van der Waals surface area contributed by atoms with Crippen LogP contribution < -0.4 is 0 Å². The highest BCUT2D eigenvalue weighted by Crippen LogP contribution is 2.24. The van der Waals surface area contributed by atoms with Gasteiger partial charge in [0, 0.05) is 25.7 Å². The maximum atomic E-state index is 10.4. The number of carbonyl (C=O) groups is 1. The Morgan fingerprint density at radius 3 is 2.50 bits per heavy atom. The number of nitrogens with zero attached hydrogens (tertiary/aromatic N) is 1. The van der Waals surface area contributed by atoms with E-state index in [1.165, 1.54) is 19.3 Å². The highest BCUT2D eigenvalue weighted by molar-refractivity contribution is 5.66. The highest BCUT2D eigenvalue weighted by atomic mass is 16.4. The van der Waals surface area contributed by atoms with E-state index in [0.717, 1.165) is 13.0 Å². The Balaban J connectivity index is 2.24. The van der Waals surface area contributed by atoms with Gasteiger partial charge in [0.1, 0.15) is 0 Å². The van der Waals surface area contributed by atoms with Gasteiger partial charge in [0.15, 0.2) is 0 Å². The Morgan fingerprint density at radius 2 is 2.07 bits per heavy atom. The number of aliphatic carboxylic acids is 1. The van der Waals surface area contributed by atoms with Gasteiger partial charge in [0.25, 0.3) is 0 Å². The number of hydrogen-bond donors (Lipinski definition) is 2. The first-order chi connectivity index (χ1) is 6.74. The van der Waals surface area contributed by atoms with Gasteiger partial charge in [-0.1, -0.05) is 6.42 Å². The lowest BCUT2D eigenvalue weighted by molar-refractivity contribution is -0.137. The molecule has 4 nitrogen and oxygen atoms in total. The Hall–Kier alpha value is -0.610. The molecule has 1 aliphatic carbocycles. The van der Waals surface area contributed by atoms with Crippen molar-refractivity contribution in [2.45, 2.75) is 38.1 Å². The van der Waals surface area contributed by atoms with Gasteiger partial charge < -0.3 is 10.2 Å². The fourth-order valence-electron chi connectivity index (χ4n) is 1.74. The molecule has 82 valence electrons. The molecular weight excluding hydrogens is 182 g/mol. The van der Waals surface area contributed by atoms with Gasteiger partial charge in [-0.2, -0.15) is 0 Å². The SMILES string of the molecule is O=C(O)CCN(CCCO)C1CCC1. The zero-order chi connectivity index (χ0) is 10.4. The van der Waals surface area contributed by atoms with Crippen LogP contribution in [0.5, 0.6) is 0 Å². The van der Waals surface area contributed by atoms with Gasteiger partial charge in [0.2, 0.25) is 0 Å². The smallest absolute Gasteiger partial charge is 0.304 e. The molecule has 0 aromatic heterocycles. The summed E-state index contributed by atoms with van der Waals surface area (Å²) in [5.41, 5.74) is 0. The fraction of sp³-hybridized carbons (Fsp3) is 0.900. The van der Waals surface area contributed by atoms with Crippen molar-refractivity contribution in [3.8, 4) is 0 Å². The summed E-state index contributed by atoms with van der Waals surface area (Å²) in [6.07, 6.45) is 4.58. The van der Waals surface area contributed by atoms with Gasteiger partial charge in [-0.3, -0.25) is 9.69 Å². The van der Waals surface area contributed by atoms with Crippen molar-refractivity contribution in [2.75, 3.05) is 19.7 Å². The zero-order valence-electron chi connectivity index (χ0n) is 8.48. The quantitative estimate of drug-likeness (QED) is 0.636. The molecule has 0 aromatic carbocycles. The summed E-state index contributed by atoms with van der Waals surface area (Å²) in [5, 5.41) is 17.3. The van der Waals surface area contributed by atoms with Crippen LogP contribution in [0.2, 0.25) is 0 Å². The number of carboxylic acids is 1. The summed E-state index contributed by atoms with van der Waals surface area (Å²) in [6.45, 7) is 1.64. The molecular formula is C10H19NO3. The van der Waals surface area contributed by atoms with Crippen molar-refractivity contribution in [2.24, 2.45) is 0 Å². The molecule has 0 aromatic rings. The van der Waals surface area contributed by atoms with E-state index in [1.54, 1.807) is 0 Å². The molecule has 14 heavy (non-hydrogen) atoms. The van der Waals surface area contributed by atoms with Crippen LogP contribution in [0.3, 0.4) is 0 Å². The Kier molecular flexibility index (Phi) is 4.90. The van der Waals surface area contributed by atoms with Crippen molar-refractivity contribution in [3.05, 3.63) is 0 Å². The number of carboxylic acid groups (broad SMARTS) is 1. The number of rotatable bonds is 7. The predicted octanol–water partition coefficient (Wildman–Crippen LogP) is 0.698. The molecule has 1 aliphatic rings. The van der Waals surface area contributed by atoms with Crippen molar-refractivity contribution in [3.63, 3.8) is 0 Å². The predicted molar refractivity (Wildman–Crippen MR) is 53.2 cm³/mol. The summed E-state index contributed by atoms with van der Waals surface area (Å²) < 4.78 is 0. The zero-order valence-corrected chi connectivity index (χ0v) is 8.48. The van der Waals surface area contributed by atoms with Gasteiger partial charge in [0.05, 0.1) is 6.42 Å². The summed E-state index contributed by atoms with van der Waals surface area (Å²) in [7, 11) is 0.